The molecule has 1 unspecified atom stereocenters. The Hall–Kier alpha value is -1.75. The lowest BCUT2D eigenvalue weighted by atomic mass is 10.1. The minimum Gasteiger partial charge on any atom is -0.508 e. The number of benzene rings is 1. The molecule has 4 N–H and O–H groups in total. The van der Waals surface area contributed by atoms with E-state index in [1.807, 2.05) is 0 Å². The molecule has 5 heteroatoms. The number of nitrogens with two attached hydrogens (primary N) is 1. The first-order chi connectivity index (χ1) is 7.56. The molecule has 0 aromatic heterocycles. The summed E-state index contributed by atoms with van der Waals surface area (Å²) in [6, 6.07) is 3.20. The highest BCUT2D eigenvalue weighted by molar-refractivity contribution is 5.68. The molecular weight excluding hydrogens is 210 g/mol. The van der Waals surface area contributed by atoms with Crippen molar-refractivity contribution < 1.29 is 19.7 Å². The smallest absolute Gasteiger partial charge is 0.341 e. The molecule has 1 aliphatic carbocycles. The van der Waals surface area contributed by atoms with E-state index < -0.39 is 12.6 Å². The first-order valence-electron chi connectivity index (χ1n) is 5.01. The Labute approximate surface area is 92.5 Å². The molecular formula is C11H13NO4. The number of aromatic hydroxyl groups is 1. The summed E-state index contributed by atoms with van der Waals surface area (Å²) in [6.07, 6.45) is 1.34. The van der Waals surface area contributed by atoms with Gasteiger partial charge in [0.1, 0.15) is 11.5 Å². The molecule has 0 fully saturated rings. The summed E-state index contributed by atoms with van der Waals surface area (Å²) in [5.41, 5.74) is 7.56. The highest BCUT2D eigenvalue weighted by Crippen LogP contribution is 2.33. The molecule has 16 heavy (non-hydrogen) atoms. The number of fused-ring (bicyclic) bond motifs is 1. The van der Waals surface area contributed by atoms with Crippen LogP contribution in [0.4, 0.5) is 0 Å². The summed E-state index contributed by atoms with van der Waals surface area (Å²) in [5.74, 6) is -0.546. The highest BCUT2D eigenvalue weighted by atomic mass is 16.5. The van der Waals surface area contributed by atoms with Crippen LogP contribution in [0.5, 0.6) is 11.5 Å². The summed E-state index contributed by atoms with van der Waals surface area (Å²) >= 11 is 0. The zero-order chi connectivity index (χ0) is 11.7. The van der Waals surface area contributed by atoms with E-state index in [2.05, 4.69) is 0 Å². The Morgan fingerprint density at radius 2 is 2.25 bits per heavy atom. The SMILES string of the molecule is NC1Cc2cc(OCC(=O)O)cc(O)c2C1. The van der Waals surface area contributed by atoms with Gasteiger partial charge in [0.05, 0.1) is 0 Å². The summed E-state index contributed by atoms with van der Waals surface area (Å²) in [4.78, 5) is 10.3. The maximum atomic E-state index is 10.3. The third-order valence-electron chi connectivity index (χ3n) is 2.60. The van der Waals surface area contributed by atoms with E-state index in [0.29, 0.717) is 18.6 Å². The van der Waals surface area contributed by atoms with Crippen molar-refractivity contribution in [3.63, 3.8) is 0 Å². The van der Waals surface area contributed by atoms with Gasteiger partial charge in [0.25, 0.3) is 0 Å². The van der Waals surface area contributed by atoms with Gasteiger partial charge in [-0.3, -0.25) is 0 Å². The maximum absolute atomic E-state index is 10.3. The molecule has 1 aliphatic rings. The number of phenolic OH excluding ortho intramolecular Hbond substituents is 1. The predicted molar refractivity (Wildman–Crippen MR) is 56.6 cm³/mol. The number of carbonyl (C=O) groups is 1. The number of ether oxygens (including phenoxy) is 1. The van der Waals surface area contributed by atoms with Gasteiger partial charge in [-0.2, -0.15) is 0 Å². The normalized spacial score (nSPS) is 18.2. The van der Waals surface area contributed by atoms with Crippen LogP contribution in [0, 0.1) is 0 Å². The fourth-order valence-corrected chi connectivity index (χ4v) is 1.95. The molecule has 86 valence electrons. The van der Waals surface area contributed by atoms with Crippen molar-refractivity contribution >= 4 is 5.97 Å². The van der Waals surface area contributed by atoms with Gasteiger partial charge in [-0.05, 0) is 30.0 Å². The Morgan fingerprint density at radius 3 is 2.94 bits per heavy atom. The number of carboxylic acid groups (broad SMARTS) is 1. The second-order valence-electron chi connectivity index (χ2n) is 3.93. The molecule has 1 aromatic carbocycles. The standard InChI is InChI=1S/C11H13NO4/c12-7-1-6-2-8(16-5-11(14)15)4-10(13)9(6)3-7/h2,4,7,13H,1,3,5,12H2,(H,14,15). The van der Waals surface area contributed by atoms with E-state index >= 15 is 0 Å². The summed E-state index contributed by atoms with van der Waals surface area (Å²) in [5, 5.41) is 18.2. The molecule has 0 radical (unpaired) electrons. The number of hydrogen-bond acceptors (Lipinski definition) is 4. The number of carboxylic acids is 1. The molecule has 0 heterocycles. The fourth-order valence-electron chi connectivity index (χ4n) is 1.95. The van der Waals surface area contributed by atoms with Crippen LogP contribution in [-0.2, 0) is 17.6 Å². The summed E-state index contributed by atoms with van der Waals surface area (Å²) in [7, 11) is 0. The molecule has 0 spiro atoms. The molecule has 0 aliphatic heterocycles. The van der Waals surface area contributed by atoms with Crippen LogP contribution in [0.25, 0.3) is 0 Å². The quantitative estimate of drug-likeness (QED) is 0.684. The molecule has 0 bridgehead atoms. The van der Waals surface area contributed by atoms with Gasteiger partial charge in [-0.15, -0.1) is 0 Å². The second-order valence-corrected chi connectivity index (χ2v) is 3.93. The Balaban J connectivity index is 2.21. The molecule has 0 saturated heterocycles. The van der Waals surface area contributed by atoms with Crippen molar-refractivity contribution in [2.75, 3.05) is 6.61 Å². The summed E-state index contributed by atoms with van der Waals surface area (Å²) < 4.78 is 5.01. The van der Waals surface area contributed by atoms with Crippen molar-refractivity contribution in [1.82, 2.24) is 0 Å². The van der Waals surface area contributed by atoms with Crippen molar-refractivity contribution in [2.45, 2.75) is 18.9 Å². The highest BCUT2D eigenvalue weighted by Gasteiger charge is 2.22. The first-order valence-corrected chi connectivity index (χ1v) is 5.01. The Morgan fingerprint density at radius 1 is 1.50 bits per heavy atom. The third-order valence-corrected chi connectivity index (χ3v) is 2.60. The Kier molecular flexibility index (Phi) is 2.70. The summed E-state index contributed by atoms with van der Waals surface area (Å²) in [6.45, 7) is -0.412. The van der Waals surface area contributed by atoms with Gasteiger partial charge in [-0.25, -0.2) is 4.79 Å². The van der Waals surface area contributed by atoms with Crippen molar-refractivity contribution in [3.05, 3.63) is 23.3 Å². The van der Waals surface area contributed by atoms with Crippen LogP contribution in [0.2, 0.25) is 0 Å². The lowest BCUT2D eigenvalue weighted by Crippen LogP contribution is -2.19. The predicted octanol–water partition coefficient (Wildman–Crippen LogP) is 0.282. The zero-order valence-corrected chi connectivity index (χ0v) is 8.64. The van der Waals surface area contributed by atoms with Crippen LogP contribution in [-0.4, -0.2) is 28.8 Å². The number of phenols is 1. The minimum absolute atomic E-state index is 0.0237. The third kappa shape index (κ3) is 2.09. The van der Waals surface area contributed by atoms with E-state index in [1.165, 1.54) is 6.07 Å². The van der Waals surface area contributed by atoms with Crippen molar-refractivity contribution in [3.8, 4) is 11.5 Å². The van der Waals surface area contributed by atoms with Crippen molar-refractivity contribution in [1.29, 1.82) is 0 Å². The first kappa shape index (κ1) is 10.8. The van der Waals surface area contributed by atoms with Crippen molar-refractivity contribution in [2.24, 2.45) is 5.73 Å². The number of aliphatic carboxylic acids is 1. The van der Waals surface area contributed by atoms with Gasteiger partial charge < -0.3 is 20.7 Å². The van der Waals surface area contributed by atoms with E-state index in [-0.39, 0.29) is 11.8 Å². The molecule has 2 rings (SSSR count). The van der Waals surface area contributed by atoms with E-state index in [1.54, 1.807) is 6.07 Å². The topological polar surface area (TPSA) is 92.8 Å². The molecule has 0 amide bonds. The average Bonchev–Trinajstić information content (AvgIpc) is 2.56. The molecule has 5 nitrogen and oxygen atoms in total. The molecule has 1 atom stereocenters. The minimum atomic E-state index is -1.04. The van der Waals surface area contributed by atoms with Crippen LogP contribution in [0.3, 0.4) is 0 Å². The van der Waals surface area contributed by atoms with E-state index in [4.69, 9.17) is 15.6 Å². The fraction of sp³-hybridized carbons (Fsp3) is 0.364. The average molecular weight is 223 g/mol. The van der Waals surface area contributed by atoms with E-state index in [9.17, 15) is 9.90 Å². The molecule has 1 aromatic rings. The lowest BCUT2D eigenvalue weighted by Gasteiger charge is -2.07. The van der Waals surface area contributed by atoms with Gasteiger partial charge in [0, 0.05) is 12.1 Å². The van der Waals surface area contributed by atoms with Gasteiger partial charge in [-0.1, -0.05) is 0 Å². The molecule has 0 saturated carbocycles. The lowest BCUT2D eigenvalue weighted by molar-refractivity contribution is -0.139. The second kappa shape index (κ2) is 4.02. The number of rotatable bonds is 3. The largest absolute Gasteiger partial charge is 0.508 e. The van der Waals surface area contributed by atoms with Gasteiger partial charge in [0.15, 0.2) is 6.61 Å². The van der Waals surface area contributed by atoms with Crippen LogP contribution < -0.4 is 10.5 Å². The van der Waals surface area contributed by atoms with Crippen LogP contribution in [0.1, 0.15) is 11.1 Å². The van der Waals surface area contributed by atoms with Gasteiger partial charge in [0.2, 0.25) is 0 Å². The van der Waals surface area contributed by atoms with Crippen LogP contribution >= 0.6 is 0 Å². The zero-order valence-electron chi connectivity index (χ0n) is 8.64. The monoisotopic (exact) mass is 223 g/mol. The Bertz CT molecular complexity index is 430. The number of hydrogen-bond donors (Lipinski definition) is 3. The van der Waals surface area contributed by atoms with E-state index in [0.717, 1.165) is 11.1 Å². The van der Waals surface area contributed by atoms with Gasteiger partial charge >= 0.3 is 5.97 Å². The van der Waals surface area contributed by atoms with Crippen LogP contribution in [0.15, 0.2) is 12.1 Å². The maximum Gasteiger partial charge on any atom is 0.341 e.